The number of anilines is 1. The second-order valence-corrected chi connectivity index (χ2v) is 10.0. The molecule has 2 aromatic rings. The molecule has 0 bridgehead atoms. The van der Waals surface area contributed by atoms with Gasteiger partial charge in [0, 0.05) is 31.2 Å². The van der Waals surface area contributed by atoms with E-state index in [9.17, 15) is 13.2 Å². The van der Waals surface area contributed by atoms with Crippen LogP contribution in [0.1, 0.15) is 18.4 Å². The minimum atomic E-state index is -3.52. The van der Waals surface area contributed by atoms with Crippen LogP contribution in [-0.4, -0.2) is 62.9 Å². The summed E-state index contributed by atoms with van der Waals surface area (Å²) in [6, 6.07) is 16.8. The number of likely N-dealkylation sites (tertiary alicyclic amines) is 1. The fourth-order valence-corrected chi connectivity index (χ4v) is 5.49. The number of piperidine rings is 1. The third kappa shape index (κ3) is 5.51. The van der Waals surface area contributed by atoms with Crippen molar-refractivity contribution in [2.24, 2.45) is 5.92 Å². The molecule has 2 fully saturated rings. The highest BCUT2D eigenvalue weighted by Crippen LogP contribution is 2.23. The lowest BCUT2D eigenvalue weighted by Crippen LogP contribution is -2.40. The molecule has 7 nitrogen and oxygen atoms in total. The highest BCUT2D eigenvalue weighted by atomic mass is 32.2. The Morgan fingerprint density at radius 3 is 2.23 bits per heavy atom. The zero-order valence-electron chi connectivity index (χ0n) is 17.6. The summed E-state index contributed by atoms with van der Waals surface area (Å²) < 4.78 is 32.1. The van der Waals surface area contributed by atoms with Gasteiger partial charge in [0.15, 0.2) is 0 Å². The number of carbonyl (C=O) groups is 1. The molecule has 0 aliphatic carbocycles. The van der Waals surface area contributed by atoms with Crippen LogP contribution >= 0.6 is 0 Å². The lowest BCUT2D eigenvalue weighted by Gasteiger charge is -2.31. The van der Waals surface area contributed by atoms with Gasteiger partial charge in [0.25, 0.3) is 0 Å². The number of sulfonamides is 1. The van der Waals surface area contributed by atoms with Crippen LogP contribution in [0.15, 0.2) is 59.5 Å². The van der Waals surface area contributed by atoms with Gasteiger partial charge in [-0.25, -0.2) is 8.42 Å². The maximum absolute atomic E-state index is 12.7. The lowest BCUT2D eigenvalue weighted by molar-refractivity contribution is -0.121. The fraction of sp³-hybridized carbons (Fsp3) is 0.435. The van der Waals surface area contributed by atoms with Gasteiger partial charge in [-0.15, -0.1) is 0 Å². The first-order chi connectivity index (χ1) is 15.0. The van der Waals surface area contributed by atoms with E-state index in [-0.39, 0.29) is 16.7 Å². The first-order valence-electron chi connectivity index (χ1n) is 10.8. The second kappa shape index (κ2) is 9.91. The van der Waals surface area contributed by atoms with Gasteiger partial charge in [0.05, 0.1) is 18.1 Å². The zero-order chi connectivity index (χ0) is 21.7. The van der Waals surface area contributed by atoms with Gasteiger partial charge in [-0.3, -0.25) is 9.69 Å². The van der Waals surface area contributed by atoms with E-state index in [1.165, 1.54) is 9.87 Å². The summed E-state index contributed by atoms with van der Waals surface area (Å²) in [5.74, 6) is -0.0214. The SMILES string of the molecule is O=C(Nc1ccc(S(=O)(=O)N2CCOCC2)cc1)C1CCN(Cc2ccccc2)CC1. The molecule has 0 aromatic heterocycles. The van der Waals surface area contributed by atoms with Crippen molar-refractivity contribution in [3.63, 3.8) is 0 Å². The predicted molar refractivity (Wildman–Crippen MR) is 119 cm³/mol. The number of ether oxygens (including phenoxy) is 1. The number of nitrogens with one attached hydrogen (secondary N) is 1. The summed E-state index contributed by atoms with van der Waals surface area (Å²) >= 11 is 0. The average molecular weight is 444 g/mol. The fourth-order valence-electron chi connectivity index (χ4n) is 4.09. The number of benzene rings is 2. The molecule has 2 saturated heterocycles. The molecule has 8 heteroatoms. The van der Waals surface area contributed by atoms with Gasteiger partial charge in [-0.05, 0) is 55.8 Å². The molecule has 0 unspecified atom stereocenters. The molecule has 1 amide bonds. The molecular formula is C23H29N3O4S. The van der Waals surface area contributed by atoms with Crippen LogP contribution < -0.4 is 5.32 Å². The highest BCUT2D eigenvalue weighted by Gasteiger charge is 2.27. The van der Waals surface area contributed by atoms with Crippen LogP contribution in [0.25, 0.3) is 0 Å². The molecule has 4 rings (SSSR count). The second-order valence-electron chi connectivity index (χ2n) is 8.07. The van der Waals surface area contributed by atoms with Crippen molar-refractivity contribution in [2.45, 2.75) is 24.3 Å². The summed E-state index contributed by atoms with van der Waals surface area (Å²) in [6.07, 6.45) is 1.64. The van der Waals surface area contributed by atoms with E-state index in [0.29, 0.717) is 32.0 Å². The van der Waals surface area contributed by atoms with Gasteiger partial charge in [-0.2, -0.15) is 4.31 Å². The molecule has 2 aromatic carbocycles. The maximum atomic E-state index is 12.7. The van der Waals surface area contributed by atoms with Gasteiger partial charge in [0.1, 0.15) is 0 Å². The van der Waals surface area contributed by atoms with Crippen LogP contribution in [0.2, 0.25) is 0 Å². The van der Waals surface area contributed by atoms with Crippen LogP contribution in [0.5, 0.6) is 0 Å². The molecule has 31 heavy (non-hydrogen) atoms. The Labute approximate surface area is 184 Å². The molecule has 1 N–H and O–H groups in total. The quantitative estimate of drug-likeness (QED) is 0.742. The molecule has 0 spiro atoms. The molecular weight excluding hydrogens is 414 g/mol. The molecule has 2 aliphatic rings. The molecule has 2 aliphatic heterocycles. The van der Waals surface area contributed by atoms with Crippen molar-refractivity contribution in [1.29, 1.82) is 0 Å². The topological polar surface area (TPSA) is 79.0 Å². The largest absolute Gasteiger partial charge is 0.379 e. The predicted octanol–water partition coefficient (Wildman–Crippen LogP) is 2.56. The zero-order valence-corrected chi connectivity index (χ0v) is 18.4. The molecule has 0 radical (unpaired) electrons. The van der Waals surface area contributed by atoms with Crippen molar-refractivity contribution in [3.8, 4) is 0 Å². The van der Waals surface area contributed by atoms with Crippen LogP contribution in [0.4, 0.5) is 5.69 Å². The van der Waals surface area contributed by atoms with Crippen molar-refractivity contribution < 1.29 is 17.9 Å². The van der Waals surface area contributed by atoms with Gasteiger partial charge >= 0.3 is 0 Å². The first kappa shape index (κ1) is 22.0. The Morgan fingerprint density at radius 1 is 0.935 bits per heavy atom. The van der Waals surface area contributed by atoms with Gasteiger partial charge in [0.2, 0.25) is 15.9 Å². The Morgan fingerprint density at radius 2 is 1.58 bits per heavy atom. The molecule has 2 heterocycles. The van der Waals surface area contributed by atoms with Crippen molar-refractivity contribution in [3.05, 3.63) is 60.2 Å². The van der Waals surface area contributed by atoms with Crippen molar-refractivity contribution in [1.82, 2.24) is 9.21 Å². The summed E-state index contributed by atoms with van der Waals surface area (Å²) in [5, 5.41) is 2.95. The summed E-state index contributed by atoms with van der Waals surface area (Å²) in [4.78, 5) is 15.3. The maximum Gasteiger partial charge on any atom is 0.243 e. The number of nitrogens with zero attached hydrogens (tertiary/aromatic N) is 2. The van der Waals surface area contributed by atoms with Crippen molar-refractivity contribution >= 4 is 21.6 Å². The number of amides is 1. The molecule has 0 atom stereocenters. The number of morpholine rings is 1. The minimum absolute atomic E-state index is 0.00291. The van der Waals surface area contributed by atoms with E-state index in [0.717, 1.165) is 32.5 Å². The number of rotatable bonds is 6. The Balaban J connectivity index is 1.29. The van der Waals surface area contributed by atoms with Gasteiger partial charge < -0.3 is 10.1 Å². The van der Waals surface area contributed by atoms with E-state index in [4.69, 9.17) is 4.74 Å². The Kier molecular flexibility index (Phi) is 7.02. The summed E-state index contributed by atoms with van der Waals surface area (Å²) in [7, 11) is -3.52. The summed E-state index contributed by atoms with van der Waals surface area (Å²) in [6.45, 7) is 4.25. The number of hydrogen-bond acceptors (Lipinski definition) is 5. The van der Waals surface area contributed by atoms with E-state index in [1.807, 2.05) is 18.2 Å². The summed E-state index contributed by atoms with van der Waals surface area (Å²) in [5.41, 5.74) is 1.91. The smallest absolute Gasteiger partial charge is 0.243 e. The van der Waals surface area contributed by atoms with E-state index in [2.05, 4.69) is 22.3 Å². The van der Waals surface area contributed by atoms with Gasteiger partial charge in [-0.1, -0.05) is 30.3 Å². The normalized spacial score (nSPS) is 19.2. The monoisotopic (exact) mass is 443 g/mol. The Bertz CT molecular complexity index is 966. The standard InChI is InChI=1S/C23H29N3O4S/c27-23(20-10-12-25(13-11-20)18-19-4-2-1-3-5-19)24-21-6-8-22(9-7-21)31(28,29)26-14-16-30-17-15-26/h1-9,20H,10-18H2,(H,24,27). The van der Waals surface area contributed by atoms with Crippen LogP contribution in [0, 0.1) is 5.92 Å². The van der Waals surface area contributed by atoms with Crippen molar-refractivity contribution in [2.75, 3.05) is 44.7 Å². The molecule has 0 saturated carbocycles. The van der Waals surface area contributed by atoms with Crippen LogP contribution in [-0.2, 0) is 26.1 Å². The third-order valence-corrected chi connectivity index (χ3v) is 7.85. The average Bonchev–Trinajstić information content (AvgIpc) is 2.81. The molecule has 166 valence electrons. The third-order valence-electron chi connectivity index (χ3n) is 5.94. The van der Waals surface area contributed by atoms with Crippen LogP contribution in [0.3, 0.4) is 0 Å². The first-order valence-corrected chi connectivity index (χ1v) is 12.2. The van der Waals surface area contributed by atoms with E-state index < -0.39 is 10.0 Å². The number of hydrogen-bond donors (Lipinski definition) is 1. The Hall–Kier alpha value is -2.26. The minimum Gasteiger partial charge on any atom is -0.379 e. The van der Waals surface area contributed by atoms with E-state index in [1.54, 1.807) is 24.3 Å². The lowest BCUT2D eigenvalue weighted by atomic mass is 9.95. The highest BCUT2D eigenvalue weighted by molar-refractivity contribution is 7.89. The number of carbonyl (C=O) groups excluding carboxylic acids is 1. The van der Waals surface area contributed by atoms with E-state index >= 15 is 0 Å².